The van der Waals surface area contributed by atoms with E-state index in [2.05, 4.69) is 25.9 Å². The Bertz CT molecular complexity index is 303. The van der Waals surface area contributed by atoms with Crippen LogP contribution in [0.4, 0.5) is 5.69 Å². The Hall–Kier alpha value is -1.18. The first-order valence-corrected chi connectivity index (χ1v) is 5.62. The highest BCUT2D eigenvalue weighted by molar-refractivity contribution is 5.39. The molecule has 1 aromatic rings. The molecule has 2 nitrogen and oxygen atoms in total. The van der Waals surface area contributed by atoms with Gasteiger partial charge in [0.15, 0.2) is 0 Å². The van der Waals surface area contributed by atoms with Gasteiger partial charge in [-0.1, -0.05) is 39.3 Å². The van der Waals surface area contributed by atoms with E-state index in [0.29, 0.717) is 17.5 Å². The molecule has 0 N–H and O–H groups in total. The van der Waals surface area contributed by atoms with Crippen LogP contribution in [-0.2, 0) is 0 Å². The molecule has 0 saturated heterocycles. The molecule has 0 spiro atoms. The summed E-state index contributed by atoms with van der Waals surface area (Å²) in [4.78, 5) is 10.3. The van der Waals surface area contributed by atoms with Crippen LogP contribution in [0.25, 0.3) is 0 Å². The molecule has 0 aliphatic carbocycles. The zero-order valence-corrected chi connectivity index (χ0v) is 9.73. The van der Waals surface area contributed by atoms with Gasteiger partial charge in [-0.25, -0.2) is 0 Å². The fourth-order valence-corrected chi connectivity index (χ4v) is 1.98. The standard InChI is InChI=1S/C13H19NO/c1-4-5-13(10(2)3)11-6-8-12(14-15)9-7-11/h6-10,13H,4-5H2,1-3H3. The van der Waals surface area contributed by atoms with Crippen LogP contribution in [0.1, 0.15) is 45.1 Å². The smallest absolute Gasteiger partial charge is 0.108 e. The predicted octanol–water partition coefficient (Wildman–Crippen LogP) is 4.62. The van der Waals surface area contributed by atoms with E-state index in [1.807, 2.05) is 12.1 Å². The molecule has 0 amide bonds. The summed E-state index contributed by atoms with van der Waals surface area (Å²) in [5, 5.41) is 2.91. The molecule has 0 aliphatic heterocycles. The number of rotatable bonds is 5. The minimum absolute atomic E-state index is 0.512. The van der Waals surface area contributed by atoms with Gasteiger partial charge in [0.25, 0.3) is 0 Å². The Balaban J connectivity index is 2.86. The van der Waals surface area contributed by atoms with Gasteiger partial charge < -0.3 is 0 Å². The first kappa shape index (κ1) is 11.9. The molecule has 0 aromatic heterocycles. The van der Waals surface area contributed by atoms with E-state index in [-0.39, 0.29) is 0 Å². The largest absolute Gasteiger partial charge is 0.145 e. The molecular weight excluding hydrogens is 186 g/mol. The Morgan fingerprint density at radius 3 is 2.20 bits per heavy atom. The van der Waals surface area contributed by atoms with Gasteiger partial charge in [-0.15, -0.1) is 4.91 Å². The Morgan fingerprint density at radius 2 is 1.80 bits per heavy atom. The summed E-state index contributed by atoms with van der Waals surface area (Å²) in [7, 11) is 0. The highest BCUT2D eigenvalue weighted by Crippen LogP contribution is 2.30. The molecule has 0 aliphatic rings. The maximum atomic E-state index is 10.3. The average molecular weight is 205 g/mol. The van der Waals surface area contributed by atoms with Crippen molar-refractivity contribution in [2.24, 2.45) is 11.1 Å². The predicted molar refractivity (Wildman–Crippen MR) is 64.4 cm³/mol. The molecule has 1 atom stereocenters. The van der Waals surface area contributed by atoms with Crippen molar-refractivity contribution in [1.82, 2.24) is 0 Å². The number of nitrogens with zero attached hydrogens (tertiary/aromatic N) is 1. The monoisotopic (exact) mass is 205 g/mol. The molecule has 0 saturated carbocycles. The first-order valence-electron chi connectivity index (χ1n) is 5.62. The van der Waals surface area contributed by atoms with E-state index >= 15 is 0 Å². The van der Waals surface area contributed by atoms with Gasteiger partial charge in [0.2, 0.25) is 0 Å². The third kappa shape index (κ3) is 3.15. The molecule has 1 aromatic carbocycles. The summed E-state index contributed by atoms with van der Waals surface area (Å²) < 4.78 is 0. The first-order chi connectivity index (χ1) is 7.19. The van der Waals surface area contributed by atoms with Crippen LogP contribution >= 0.6 is 0 Å². The summed E-state index contributed by atoms with van der Waals surface area (Å²) in [6.45, 7) is 6.69. The van der Waals surface area contributed by atoms with Crippen LogP contribution in [0.15, 0.2) is 29.4 Å². The van der Waals surface area contributed by atoms with E-state index in [1.54, 1.807) is 12.1 Å². The maximum absolute atomic E-state index is 10.3. The van der Waals surface area contributed by atoms with Crippen molar-refractivity contribution >= 4 is 5.69 Å². The van der Waals surface area contributed by atoms with Crippen LogP contribution in [-0.4, -0.2) is 0 Å². The average Bonchev–Trinajstić information content (AvgIpc) is 2.26. The van der Waals surface area contributed by atoms with E-state index in [4.69, 9.17) is 0 Å². The van der Waals surface area contributed by atoms with Gasteiger partial charge in [0.05, 0.1) is 0 Å². The van der Waals surface area contributed by atoms with Crippen molar-refractivity contribution in [3.05, 3.63) is 34.7 Å². The number of hydrogen-bond donors (Lipinski definition) is 0. The Labute approximate surface area is 91.7 Å². The van der Waals surface area contributed by atoms with Gasteiger partial charge in [0.1, 0.15) is 5.69 Å². The molecule has 1 rings (SSSR count). The van der Waals surface area contributed by atoms with E-state index in [9.17, 15) is 4.91 Å². The van der Waals surface area contributed by atoms with Crippen molar-refractivity contribution in [2.45, 2.75) is 39.5 Å². The van der Waals surface area contributed by atoms with Crippen molar-refractivity contribution in [3.8, 4) is 0 Å². The second-order valence-corrected chi connectivity index (χ2v) is 4.32. The minimum Gasteiger partial charge on any atom is -0.145 e. The summed E-state index contributed by atoms with van der Waals surface area (Å²) in [6.07, 6.45) is 2.39. The van der Waals surface area contributed by atoms with Crippen molar-refractivity contribution in [1.29, 1.82) is 0 Å². The molecule has 1 unspecified atom stereocenters. The number of benzene rings is 1. The molecule has 15 heavy (non-hydrogen) atoms. The van der Waals surface area contributed by atoms with Gasteiger partial charge >= 0.3 is 0 Å². The fourth-order valence-electron chi connectivity index (χ4n) is 1.98. The van der Waals surface area contributed by atoms with E-state index in [1.165, 1.54) is 18.4 Å². The molecule has 0 bridgehead atoms. The van der Waals surface area contributed by atoms with Crippen molar-refractivity contribution in [3.63, 3.8) is 0 Å². The lowest BCUT2D eigenvalue weighted by molar-refractivity contribution is 0.463. The normalized spacial score (nSPS) is 12.8. The lowest BCUT2D eigenvalue weighted by Gasteiger charge is -2.20. The summed E-state index contributed by atoms with van der Waals surface area (Å²) in [5.41, 5.74) is 1.83. The van der Waals surface area contributed by atoms with Gasteiger partial charge in [-0.05, 0) is 41.1 Å². The van der Waals surface area contributed by atoms with Crippen LogP contribution in [0.3, 0.4) is 0 Å². The van der Waals surface area contributed by atoms with Gasteiger partial charge in [0, 0.05) is 0 Å². The van der Waals surface area contributed by atoms with Gasteiger partial charge in [-0.2, -0.15) is 0 Å². The molecular formula is C13H19NO. The summed E-state index contributed by atoms with van der Waals surface area (Å²) in [5.74, 6) is 1.23. The lowest BCUT2D eigenvalue weighted by Crippen LogP contribution is -2.06. The molecule has 82 valence electrons. The summed E-state index contributed by atoms with van der Waals surface area (Å²) >= 11 is 0. The zero-order valence-electron chi connectivity index (χ0n) is 9.73. The number of hydrogen-bond acceptors (Lipinski definition) is 2. The van der Waals surface area contributed by atoms with E-state index in [0.717, 1.165) is 0 Å². The molecule has 0 radical (unpaired) electrons. The maximum Gasteiger partial charge on any atom is 0.108 e. The molecule has 0 heterocycles. The quantitative estimate of drug-likeness (QED) is 0.645. The van der Waals surface area contributed by atoms with Crippen molar-refractivity contribution < 1.29 is 0 Å². The minimum atomic E-state index is 0.512. The van der Waals surface area contributed by atoms with E-state index < -0.39 is 0 Å². The van der Waals surface area contributed by atoms with Crippen LogP contribution in [0.5, 0.6) is 0 Å². The lowest BCUT2D eigenvalue weighted by atomic mass is 9.85. The van der Waals surface area contributed by atoms with Gasteiger partial charge in [-0.3, -0.25) is 0 Å². The highest BCUT2D eigenvalue weighted by Gasteiger charge is 2.14. The molecule has 0 fully saturated rings. The van der Waals surface area contributed by atoms with Crippen LogP contribution in [0, 0.1) is 10.8 Å². The zero-order chi connectivity index (χ0) is 11.3. The summed E-state index contributed by atoms with van der Waals surface area (Å²) in [6, 6.07) is 7.65. The second kappa shape index (κ2) is 5.64. The van der Waals surface area contributed by atoms with Crippen molar-refractivity contribution in [2.75, 3.05) is 0 Å². The third-order valence-corrected chi connectivity index (χ3v) is 2.83. The third-order valence-electron chi connectivity index (χ3n) is 2.83. The SMILES string of the molecule is CCCC(c1ccc(N=O)cc1)C(C)C. The van der Waals surface area contributed by atoms with Crippen LogP contribution < -0.4 is 0 Å². The van der Waals surface area contributed by atoms with Crippen LogP contribution in [0.2, 0.25) is 0 Å². The number of nitroso groups, excluding NO2 is 1. The molecule has 2 heteroatoms. The Morgan fingerprint density at radius 1 is 1.20 bits per heavy atom. The fraction of sp³-hybridized carbons (Fsp3) is 0.538. The highest BCUT2D eigenvalue weighted by atomic mass is 16.3. The second-order valence-electron chi connectivity index (χ2n) is 4.32. The Kier molecular flexibility index (Phi) is 4.47. The topological polar surface area (TPSA) is 29.4 Å².